The Labute approximate surface area is 168 Å². The molecule has 4 rings (SSSR count). The highest BCUT2D eigenvalue weighted by Gasteiger charge is 2.29. The van der Waals surface area contributed by atoms with E-state index < -0.39 is 0 Å². The van der Waals surface area contributed by atoms with E-state index in [1.807, 2.05) is 6.26 Å². The second kappa shape index (κ2) is 7.01. The fourth-order valence-corrected chi connectivity index (χ4v) is 4.13. The van der Waals surface area contributed by atoms with Crippen LogP contribution in [-0.2, 0) is 6.42 Å². The second-order valence-electron chi connectivity index (χ2n) is 8.84. The molecule has 1 heterocycles. The number of rotatable bonds is 3. The van der Waals surface area contributed by atoms with Gasteiger partial charge in [0.2, 0.25) is 0 Å². The predicted molar refractivity (Wildman–Crippen MR) is 119 cm³/mol. The lowest BCUT2D eigenvalue weighted by Gasteiger charge is -2.36. The minimum atomic E-state index is -0.0280. The van der Waals surface area contributed by atoms with E-state index in [2.05, 4.69) is 94.5 Å². The largest absolute Gasteiger partial charge is 0.463 e. The van der Waals surface area contributed by atoms with Gasteiger partial charge in [-0.1, -0.05) is 62.4 Å². The summed E-state index contributed by atoms with van der Waals surface area (Å²) in [5, 5.41) is 6.31. The highest BCUT2D eigenvalue weighted by molar-refractivity contribution is 5.91. The molecular weight excluding hydrogens is 342 g/mol. The highest BCUT2D eigenvalue weighted by Crippen LogP contribution is 2.35. The average Bonchev–Trinajstić information content (AvgIpc) is 2.65. The molecule has 1 aliphatic rings. The smallest absolute Gasteiger partial charge is 0.130 e. The first-order chi connectivity index (χ1) is 13.3. The summed E-state index contributed by atoms with van der Waals surface area (Å²) in [6.07, 6.45) is 2.89. The predicted octanol–water partition coefficient (Wildman–Crippen LogP) is 6.57. The Morgan fingerprint density at radius 2 is 1.82 bits per heavy atom. The first-order valence-electron chi connectivity index (χ1n) is 10.1. The van der Waals surface area contributed by atoms with Crippen LogP contribution in [0, 0.1) is 6.92 Å². The van der Waals surface area contributed by atoms with Crippen molar-refractivity contribution < 1.29 is 4.74 Å². The van der Waals surface area contributed by atoms with Gasteiger partial charge in [0.15, 0.2) is 0 Å². The van der Waals surface area contributed by atoms with Crippen molar-refractivity contribution in [2.75, 3.05) is 0 Å². The van der Waals surface area contributed by atoms with E-state index in [4.69, 9.17) is 4.74 Å². The van der Waals surface area contributed by atoms with Gasteiger partial charge in [-0.2, -0.15) is 0 Å². The summed E-state index contributed by atoms with van der Waals surface area (Å²) >= 11 is 0. The third kappa shape index (κ3) is 3.52. The van der Waals surface area contributed by atoms with Crippen LogP contribution in [0.25, 0.3) is 16.5 Å². The van der Waals surface area contributed by atoms with E-state index in [-0.39, 0.29) is 5.54 Å². The third-order valence-electron chi connectivity index (χ3n) is 5.52. The van der Waals surface area contributed by atoms with Gasteiger partial charge < -0.3 is 10.1 Å². The highest BCUT2D eigenvalue weighted by atomic mass is 16.5. The van der Waals surface area contributed by atoms with Gasteiger partial charge in [-0.25, -0.2) is 0 Å². The third-order valence-corrected chi connectivity index (χ3v) is 5.52. The molecule has 1 N–H and O–H groups in total. The molecular formula is C26H29NO. The molecule has 2 heteroatoms. The molecule has 3 aromatic rings. The van der Waals surface area contributed by atoms with Crippen LogP contribution < -0.4 is 10.1 Å². The molecule has 0 radical (unpaired) electrons. The molecule has 0 amide bonds. The van der Waals surface area contributed by atoms with E-state index in [1.54, 1.807) is 0 Å². The monoisotopic (exact) mass is 371 g/mol. The molecule has 0 saturated heterocycles. The Kier molecular flexibility index (Phi) is 4.66. The number of hydrogen-bond acceptors (Lipinski definition) is 2. The maximum Gasteiger partial charge on any atom is 0.130 e. The van der Waals surface area contributed by atoms with Gasteiger partial charge in [-0.15, -0.1) is 0 Å². The van der Waals surface area contributed by atoms with Crippen LogP contribution in [0.4, 0.5) is 0 Å². The van der Waals surface area contributed by atoms with Crippen molar-refractivity contribution in [2.45, 2.75) is 52.5 Å². The van der Waals surface area contributed by atoms with Crippen molar-refractivity contribution in [1.82, 2.24) is 5.32 Å². The molecule has 1 aliphatic heterocycles. The van der Waals surface area contributed by atoms with Crippen molar-refractivity contribution in [3.05, 3.63) is 83.1 Å². The molecule has 0 aromatic heterocycles. The quantitative estimate of drug-likeness (QED) is 0.526. The Morgan fingerprint density at radius 1 is 1.04 bits per heavy atom. The zero-order valence-electron chi connectivity index (χ0n) is 17.5. The fourth-order valence-electron chi connectivity index (χ4n) is 4.13. The summed E-state index contributed by atoms with van der Waals surface area (Å²) in [6, 6.07) is 19.5. The molecule has 144 valence electrons. The van der Waals surface area contributed by atoms with Crippen LogP contribution in [0.2, 0.25) is 0 Å². The summed E-state index contributed by atoms with van der Waals surface area (Å²) < 4.78 is 6.26. The van der Waals surface area contributed by atoms with Crippen LogP contribution in [0.5, 0.6) is 5.75 Å². The van der Waals surface area contributed by atoms with Gasteiger partial charge in [0.05, 0.1) is 5.70 Å². The maximum absolute atomic E-state index is 6.26. The molecule has 0 saturated carbocycles. The Morgan fingerprint density at radius 3 is 2.61 bits per heavy atom. The minimum absolute atomic E-state index is 0.0280. The molecule has 0 spiro atoms. The fraction of sp³-hybridized carbons (Fsp3) is 0.308. The van der Waals surface area contributed by atoms with Gasteiger partial charge in [-0.05, 0) is 66.6 Å². The molecule has 3 aromatic carbocycles. The van der Waals surface area contributed by atoms with Crippen LogP contribution in [0.1, 0.15) is 55.9 Å². The lowest BCUT2D eigenvalue weighted by molar-refractivity contribution is 0.422. The van der Waals surface area contributed by atoms with Crippen molar-refractivity contribution in [2.24, 2.45) is 0 Å². The minimum Gasteiger partial charge on any atom is -0.463 e. The Hall–Kier alpha value is -2.74. The lowest BCUT2D eigenvalue weighted by atomic mass is 9.83. The summed E-state index contributed by atoms with van der Waals surface area (Å²) in [5.41, 5.74) is 6.09. The SMILES string of the molecule is Cc1ccc(C(C)C)c(OC=C2NC(C)(C)Cc3c2ccc2ccccc32)c1. The Balaban J connectivity index is 1.79. The van der Waals surface area contributed by atoms with E-state index in [0.29, 0.717) is 5.92 Å². The van der Waals surface area contributed by atoms with Gasteiger partial charge in [0, 0.05) is 11.1 Å². The number of hydrogen-bond donors (Lipinski definition) is 1. The average molecular weight is 372 g/mol. The van der Waals surface area contributed by atoms with Crippen molar-refractivity contribution in [3.8, 4) is 5.75 Å². The van der Waals surface area contributed by atoms with Crippen LogP contribution >= 0.6 is 0 Å². The standard InChI is InChI=1S/C26H29NO/c1-17(2)20-12-10-18(3)14-25(20)28-16-24-22-13-11-19-8-6-7-9-21(19)23(22)15-26(4,5)27-24/h6-14,16-17,27H,15H2,1-5H3. The Bertz CT molecular complexity index is 1060. The van der Waals surface area contributed by atoms with E-state index in [9.17, 15) is 0 Å². The first kappa shape index (κ1) is 18.6. The number of ether oxygens (including phenoxy) is 1. The number of nitrogens with one attached hydrogen (secondary N) is 1. The van der Waals surface area contributed by atoms with Gasteiger partial charge in [0.1, 0.15) is 12.0 Å². The van der Waals surface area contributed by atoms with Crippen molar-refractivity contribution in [3.63, 3.8) is 0 Å². The van der Waals surface area contributed by atoms with Gasteiger partial charge in [-0.3, -0.25) is 0 Å². The van der Waals surface area contributed by atoms with E-state index >= 15 is 0 Å². The maximum atomic E-state index is 6.26. The van der Waals surface area contributed by atoms with E-state index in [0.717, 1.165) is 17.9 Å². The molecule has 0 bridgehead atoms. The molecule has 28 heavy (non-hydrogen) atoms. The normalized spacial score (nSPS) is 16.9. The number of benzene rings is 3. The summed E-state index contributed by atoms with van der Waals surface area (Å²) in [6.45, 7) is 11.0. The molecule has 0 atom stereocenters. The zero-order valence-corrected chi connectivity index (χ0v) is 17.5. The van der Waals surface area contributed by atoms with Crippen LogP contribution in [-0.4, -0.2) is 5.54 Å². The molecule has 2 nitrogen and oxygen atoms in total. The molecule has 0 aliphatic carbocycles. The number of fused-ring (bicyclic) bond motifs is 3. The summed E-state index contributed by atoms with van der Waals surface area (Å²) in [4.78, 5) is 0. The van der Waals surface area contributed by atoms with Crippen molar-refractivity contribution in [1.29, 1.82) is 0 Å². The van der Waals surface area contributed by atoms with Crippen molar-refractivity contribution >= 4 is 16.5 Å². The summed E-state index contributed by atoms with van der Waals surface area (Å²) in [7, 11) is 0. The summed E-state index contributed by atoms with van der Waals surface area (Å²) in [5.74, 6) is 1.36. The molecule has 0 unspecified atom stereocenters. The lowest BCUT2D eigenvalue weighted by Crippen LogP contribution is -2.43. The molecule has 0 fully saturated rings. The number of aryl methyl sites for hydroxylation is 1. The topological polar surface area (TPSA) is 21.3 Å². The van der Waals surface area contributed by atoms with Gasteiger partial charge >= 0.3 is 0 Å². The van der Waals surface area contributed by atoms with E-state index in [1.165, 1.54) is 33.0 Å². The van der Waals surface area contributed by atoms with Crippen LogP contribution in [0.15, 0.2) is 60.9 Å². The van der Waals surface area contributed by atoms with Gasteiger partial charge in [0.25, 0.3) is 0 Å². The second-order valence-corrected chi connectivity index (χ2v) is 8.84. The van der Waals surface area contributed by atoms with Crippen LogP contribution in [0.3, 0.4) is 0 Å². The first-order valence-corrected chi connectivity index (χ1v) is 10.1. The zero-order chi connectivity index (χ0) is 19.9.